The lowest BCUT2D eigenvalue weighted by Gasteiger charge is -1.99. The van der Waals surface area contributed by atoms with Gasteiger partial charge in [-0.05, 0) is 6.42 Å². The van der Waals surface area contributed by atoms with Gasteiger partial charge in [0.15, 0.2) is 0 Å². The van der Waals surface area contributed by atoms with Crippen molar-refractivity contribution in [1.82, 2.24) is 19.6 Å². The number of aryl methyl sites for hydroxylation is 1. The van der Waals surface area contributed by atoms with Crippen LogP contribution >= 0.6 is 0 Å². The van der Waals surface area contributed by atoms with Gasteiger partial charge in [-0.15, -0.1) is 0 Å². The van der Waals surface area contributed by atoms with Crippen molar-refractivity contribution in [2.24, 2.45) is 0 Å². The highest BCUT2D eigenvalue weighted by Crippen LogP contribution is 2.06. The maximum absolute atomic E-state index is 10.2. The van der Waals surface area contributed by atoms with Gasteiger partial charge in [-0.1, -0.05) is 13.8 Å². The number of nitrogens with zero attached hydrogens (tertiary/aromatic N) is 5. The Morgan fingerprint density at radius 2 is 2.26 bits per heavy atom. The number of carbonyl (C=O) groups is 1. The van der Waals surface area contributed by atoms with Crippen LogP contribution in [0, 0.1) is 11.3 Å². The summed E-state index contributed by atoms with van der Waals surface area (Å²) in [6, 6.07) is 3.58. The molecule has 0 aliphatic carbocycles. The average Bonchev–Trinajstić information content (AvgIpc) is 2.88. The molecule has 0 unspecified atom stereocenters. The van der Waals surface area contributed by atoms with Crippen LogP contribution in [0.15, 0.2) is 12.4 Å². The molecule has 0 aromatic carbocycles. The normalized spacial score (nSPS) is 9.53. The number of nitrogens with two attached hydrogens (primary N) is 1. The van der Waals surface area contributed by atoms with Crippen molar-refractivity contribution in [2.75, 3.05) is 5.73 Å². The van der Waals surface area contributed by atoms with E-state index in [2.05, 4.69) is 15.1 Å². The summed E-state index contributed by atoms with van der Waals surface area (Å²) in [5.74, 6) is 1.16. The first-order valence-electron chi connectivity index (χ1n) is 5.96. The van der Waals surface area contributed by atoms with E-state index in [0.717, 1.165) is 12.1 Å². The van der Waals surface area contributed by atoms with E-state index in [1.165, 1.54) is 10.8 Å². The predicted octanol–water partition coefficient (Wildman–Crippen LogP) is 1.15. The molecule has 7 heteroatoms. The van der Waals surface area contributed by atoms with Crippen LogP contribution < -0.4 is 5.73 Å². The number of carbonyl (C=O) groups excluding carboxylic acids is 1. The van der Waals surface area contributed by atoms with Crippen LogP contribution in [0.3, 0.4) is 0 Å². The third-order valence-corrected chi connectivity index (χ3v) is 2.37. The first-order valence-corrected chi connectivity index (χ1v) is 5.96. The van der Waals surface area contributed by atoms with Gasteiger partial charge >= 0.3 is 0 Å². The van der Waals surface area contributed by atoms with Gasteiger partial charge in [0.25, 0.3) is 5.78 Å². The minimum Gasteiger partial charge on any atom is -0.383 e. The second-order valence-electron chi connectivity index (χ2n) is 3.72. The van der Waals surface area contributed by atoms with E-state index in [-0.39, 0.29) is 12.2 Å². The summed E-state index contributed by atoms with van der Waals surface area (Å²) < 4.78 is 1.51. The number of hydrogen-bond acceptors (Lipinski definition) is 6. The van der Waals surface area contributed by atoms with E-state index in [9.17, 15) is 4.79 Å². The van der Waals surface area contributed by atoms with Gasteiger partial charge in [-0.3, -0.25) is 4.79 Å². The van der Waals surface area contributed by atoms with Crippen LogP contribution in [0.4, 0.5) is 5.82 Å². The highest BCUT2D eigenvalue weighted by molar-refractivity contribution is 5.79. The highest BCUT2D eigenvalue weighted by atomic mass is 16.1. The summed E-state index contributed by atoms with van der Waals surface area (Å²) in [6.45, 7) is 3.77. The second kappa shape index (κ2) is 7.06. The third-order valence-electron chi connectivity index (χ3n) is 2.37. The zero-order valence-electron chi connectivity index (χ0n) is 11.0. The van der Waals surface area contributed by atoms with E-state index in [1.807, 2.05) is 13.0 Å². The van der Waals surface area contributed by atoms with Crippen LogP contribution in [0.25, 0.3) is 5.78 Å². The predicted molar refractivity (Wildman–Crippen MR) is 70.1 cm³/mol. The quantitative estimate of drug-likeness (QED) is 0.886. The monoisotopic (exact) mass is 260 g/mol. The molecule has 19 heavy (non-hydrogen) atoms. The summed E-state index contributed by atoms with van der Waals surface area (Å²) in [5.41, 5.74) is 6.64. The fraction of sp³-hybridized carbons (Fsp3) is 0.417. The number of ketones is 1. The lowest BCUT2D eigenvalue weighted by molar-refractivity contribution is -0.117. The SMILES string of the molecule is CCC(=O)CC#N.CCc1cc(N)n2ncnc2n1. The molecule has 100 valence electrons. The van der Waals surface area contributed by atoms with E-state index < -0.39 is 0 Å². The number of rotatable bonds is 3. The Hall–Kier alpha value is -2.49. The molecule has 0 amide bonds. The highest BCUT2D eigenvalue weighted by Gasteiger charge is 2.02. The minimum atomic E-state index is 0.0162. The second-order valence-corrected chi connectivity index (χ2v) is 3.72. The van der Waals surface area contributed by atoms with Gasteiger partial charge in [0, 0.05) is 18.2 Å². The maximum Gasteiger partial charge on any atom is 0.254 e. The van der Waals surface area contributed by atoms with Gasteiger partial charge in [0.05, 0.1) is 12.5 Å². The number of Topliss-reactive ketones (excluding diaryl/α,β-unsaturated/α-hetero) is 1. The van der Waals surface area contributed by atoms with E-state index >= 15 is 0 Å². The van der Waals surface area contributed by atoms with Crippen molar-refractivity contribution in [3.8, 4) is 6.07 Å². The molecule has 0 aliphatic heterocycles. The molecule has 2 N–H and O–H groups in total. The molecular formula is C12H16N6O. The molecule has 2 rings (SSSR count). The molecule has 0 fully saturated rings. The molecular weight excluding hydrogens is 244 g/mol. The first-order chi connectivity index (χ1) is 9.12. The zero-order chi connectivity index (χ0) is 14.3. The summed E-state index contributed by atoms with van der Waals surface area (Å²) >= 11 is 0. The van der Waals surface area contributed by atoms with Crippen molar-refractivity contribution in [3.05, 3.63) is 18.1 Å². The Kier molecular flexibility index (Phi) is 5.41. The topological polar surface area (TPSA) is 110 Å². The van der Waals surface area contributed by atoms with Gasteiger partial charge in [0.1, 0.15) is 17.9 Å². The average molecular weight is 260 g/mol. The smallest absolute Gasteiger partial charge is 0.254 e. The largest absolute Gasteiger partial charge is 0.383 e. The molecule has 0 aliphatic rings. The Balaban J connectivity index is 0.000000224. The molecule has 0 bridgehead atoms. The molecule has 2 heterocycles. The summed E-state index contributed by atoms with van der Waals surface area (Å²) in [5, 5.41) is 11.8. The lowest BCUT2D eigenvalue weighted by atomic mass is 10.2. The van der Waals surface area contributed by atoms with Crippen LogP contribution in [0.1, 0.15) is 32.4 Å². The molecule has 7 nitrogen and oxygen atoms in total. The van der Waals surface area contributed by atoms with E-state index in [4.69, 9.17) is 11.0 Å². The molecule has 2 aromatic rings. The van der Waals surface area contributed by atoms with Gasteiger partial charge in [0.2, 0.25) is 0 Å². The van der Waals surface area contributed by atoms with Crippen molar-refractivity contribution >= 4 is 17.4 Å². The number of aromatic nitrogens is 4. The number of nitrogen functional groups attached to an aromatic ring is 1. The van der Waals surface area contributed by atoms with Crippen LogP contribution in [0.2, 0.25) is 0 Å². The molecule has 0 saturated carbocycles. The lowest BCUT2D eigenvalue weighted by Crippen LogP contribution is -2.02. The van der Waals surface area contributed by atoms with Crippen molar-refractivity contribution < 1.29 is 4.79 Å². The van der Waals surface area contributed by atoms with Crippen molar-refractivity contribution in [2.45, 2.75) is 33.1 Å². The van der Waals surface area contributed by atoms with Crippen molar-refractivity contribution in [1.29, 1.82) is 5.26 Å². The fourth-order valence-corrected chi connectivity index (χ4v) is 1.28. The summed E-state index contributed by atoms with van der Waals surface area (Å²) in [6.07, 6.45) is 2.84. The molecule has 2 aromatic heterocycles. The number of nitriles is 1. The Bertz CT molecular complexity index is 598. The first kappa shape index (κ1) is 14.6. The molecule has 0 atom stereocenters. The Morgan fingerprint density at radius 1 is 1.53 bits per heavy atom. The van der Waals surface area contributed by atoms with Crippen LogP contribution in [-0.2, 0) is 11.2 Å². The summed E-state index contributed by atoms with van der Waals surface area (Å²) in [4.78, 5) is 18.4. The maximum atomic E-state index is 10.2. The molecule has 0 spiro atoms. The zero-order valence-corrected chi connectivity index (χ0v) is 11.0. The third kappa shape index (κ3) is 4.03. The van der Waals surface area contributed by atoms with E-state index in [1.54, 1.807) is 13.0 Å². The Labute approximate surface area is 111 Å². The molecule has 0 radical (unpaired) electrons. The van der Waals surface area contributed by atoms with E-state index in [0.29, 0.717) is 18.0 Å². The standard InChI is InChI=1S/C7H9N5.C5H7NO/c1-2-5-3-6(8)12-7(11-5)9-4-10-12;1-2-5(7)3-4-6/h3-4H,2,8H2,1H3;2-3H2,1H3. The molecule has 0 saturated heterocycles. The number of hydrogen-bond donors (Lipinski definition) is 1. The van der Waals surface area contributed by atoms with Crippen LogP contribution in [0.5, 0.6) is 0 Å². The van der Waals surface area contributed by atoms with Crippen LogP contribution in [-0.4, -0.2) is 25.4 Å². The Morgan fingerprint density at radius 3 is 2.79 bits per heavy atom. The van der Waals surface area contributed by atoms with Crippen molar-refractivity contribution in [3.63, 3.8) is 0 Å². The number of fused-ring (bicyclic) bond motifs is 1. The minimum absolute atomic E-state index is 0.0162. The summed E-state index contributed by atoms with van der Waals surface area (Å²) in [7, 11) is 0. The van der Waals surface area contributed by atoms with Gasteiger partial charge in [-0.25, -0.2) is 4.98 Å². The van der Waals surface area contributed by atoms with Gasteiger partial charge in [-0.2, -0.15) is 19.9 Å². The fourth-order valence-electron chi connectivity index (χ4n) is 1.28. The van der Waals surface area contributed by atoms with Gasteiger partial charge < -0.3 is 5.73 Å². The number of anilines is 1.